The first-order valence-corrected chi connectivity index (χ1v) is 2.62. The zero-order chi connectivity index (χ0) is 5.28. The van der Waals surface area contributed by atoms with Crippen molar-refractivity contribution in [3.8, 4) is 0 Å². The van der Waals surface area contributed by atoms with Crippen molar-refractivity contribution in [2.45, 2.75) is 6.92 Å². The van der Waals surface area contributed by atoms with Gasteiger partial charge in [-0.3, -0.25) is 0 Å². The van der Waals surface area contributed by atoms with Crippen molar-refractivity contribution in [2.24, 2.45) is 5.92 Å². The average molecular weight is 138 g/mol. The van der Waals surface area contributed by atoms with Crippen LogP contribution < -0.4 is 0 Å². The van der Waals surface area contributed by atoms with Crippen LogP contribution in [0, 0.1) is 5.92 Å². The van der Waals surface area contributed by atoms with Gasteiger partial charge in [0, 0.05) is 13.1 Å². The van der Waals surface area contributed by atoms with Crippen molar-refractivity contribution in [1.82, 2.24) is 5.06 Å². The third-order valence-electron chi connectivity index (χ3n) is 1.29. The van der Waals surface area contributed by atoms with Crippen LogP contribution in [0.15, 0.2) is 0 Å². The predicted molar refractivity (Wildman–Crippen MR) is 35.0 cm³/mol. The number of rotatable bonds is 1. The first-order valence-electron chi connectivity index (χ1n) is 2.62. The SMILES string of the molecule is CON1CC(C)C1.Cl. The van der Waals surface area contributed by atoms with Crippen LogP contribution in [-0.2, 0) is 4.84 Å². The Balaban J connectivity index is 0.000000490. The van der Waals surface area contributed by atoms with Crippen LogP contribution in [0.2, 0.25) is 0 Å². The first kappa shape index (κ1) is 8.21. The van der Waals surface area contributed by atoms with Crippen molar-refractivity contribution in [2.75, 3.05) is 20.2 Å². The smallest absolute Gasteiger partial charge is 0.0575 e. The Bertz CT molecular complexity index is 63.4. The van der Waals surface area contributed by atoms with E-state index in [2.05, 4.69) is 6.92 Å². The number of halogens is 1. The van der Waals surface area contributed by atoms with Crippen LogP contribution in [0.3, 0.4) is 0 Å². The molecule has 0 unspecified atom stereocenters. The molecular formula is C5H12ClNO. The lowest BCUT2D eigenvalue weighted by atomic mass is 10.1. The van der Waals surface area contributed by atoms with Crippen molar-refractivity contribution < 1.29 is 4.84 Å². The lowest BCUT2D eigenvalue weighted by Gasteiger charge is -2.34. The second-order valence-corrected chi connectivity index (χ2v) is 2.13. The topological polar surface area (TPSA) is 12.5 Å². The molecule has 50 valence electrons. The molecule has 1 fully saturated rings. The number of hydrogen-bond donors (Lipinski definition) is 0. The van der Waals surface area contributed by atoms with Gasteiger partial charge in [-0.2, -0.15) is 5.06 Å². The van der Waals surface area contributed by atoms with Gasteiger partial charge in [0.2, 0.25) is 0 Å². The average Bonchev–Trinajstić information content (AvgIpc) is 1.58. The zero-order valence-electron chi connectivity index (χ0n) is 5.26. The molecule has 1 heterocycles. The van der Waals surface area contributed by atoms with Gasteiger partial charge in [-0.1, -0.05) is 6.92 Å². The van der Waals surface area contributed by atoms with Crippen molar-refractivity contribution in [3.63, 3.8) is 0 Å². The second kappa shape index (κ2) is 3.28. The summed E-state index contributed by atoms with van der Waals surface area (Å²) < 4.78 is 0. The Morgan fingerprint density at radius 3 is 2.12 bits per heavy atom. The molecule has 1 rings (SSSR count). The van der Waals surface area contributed by atoms with E-state index < -0.39 is 0 Å². The van der Waals surface area contributed by atoms with Crippen molar-refractivity contribution in [1.29, 1.82) is 0 Å². The van der Waals surface area contributed by atoms with Gasteiger partial charge >= 0.3 is 0 Å². The summed E-state index contributed by atoms with van der Waals surface area (Å²) in [5, 5.41) is 1.95. The maximum atomic E-state index is 4.89. The molecule has 0 saturated carbocycles. The highest BCUT2D eigenvalue weighted by Gasteiger charge is 2.21. The highest BCUT2D eigenvalue weighted by molar-refractivity contribution is 5.85. The minimum absolute atomic E-state index is 0. The monoisotopic (exact) mass is 137 g/mol. The van der Waals surface area contributed by atoms with Gasteiger partial charge in [-0.15, -0.1) is 12.4 Å². The molecule has 0 bridgehead atoms. The zero-order valence-corrected chi connectivity index (χ0v) is 6.07. The predicted octanol–water partition coefficient (Wildman–Crippen LogP) is 0.921. The largest absolute Gasteiger partial charge is 0.302 e. The molecule has 0 aliphatic carbocycles. The van der Waals surface area contributed by atoms with Crippen LogP contribution in [0.5, 0.6) is 0 Å². The summed E-state index contributed by atoms with van der Waals surface area (Å²) in [7, 11) is 1.71. The molecule has 1 saturated heterocycles. The van der Waals surface area contributed by atoms with E-state index in [0.29, 0.717) is 0 Å². The van der Waals surface area contributed by atoms with E-state index in [-0.39, 0.29) is 12.4 Å². The van der Waals surface area contributed by atoms with E-state index in [0.717, 1.165) is 19.0 Å². The van der Waals surface area contributed by atoms with E-state index >= 15 is 0 Å². The van der Waals surface area contributed by atoms with E-state index in [1.165, 1.54) is 0 Å². The molecule has 2 nitrogen and oxygen atoms in total. The molecule has 3 heteroatoms. The highest BCUT2D eigenvalue weighted by atomic mass is 35.5. The molecule has 8 heavy (non-hydrogen) atoms. The Morgan fingerprint density at radius 1 is 1.50 bits per heavy atom. The molecule has 0 aromatic heterocycles. The lowest BCUT2D eigenvalue weighted by molar-refractivity contribution is -0.194. The minimum Gasteiger partial charge on any atom is -0.302 e. The molecule has 0 atom stereocenters. The van der Waals surface area contributed by atoms with Crippen LogP contribution in [-0.4, -0.2) is 25.3 Å². The molecule has 0 radical (unpaired) electrons. The molecule has 1 aliphatic heterocycles. The van der Waals surface area contributed by atoms with Gasteiger partial charge in [-0.05, 0) is 5.92 Å². The standard InChI is InChI=1S/C5H11NO.ClH/c1-5-3-6(4-5)7-2;/h5H,3-4H2,1-2H3;1H. The summed E-state index contributed by atoms with van der Waals surface area (Å²) in [4.78, 5) is 4.89. The fourth-order valence-corrected chi connectivity index (χ4v) is 0.791. The fraction of sp³-hybridized carbons (Fsp3) is 1.00. The molecule has 1 aliphatic rings. The summed E-state index contributed by atoms with van der Waals surface area (Å²) in [6.07, 6.45) is 0. The van der Waals surface area contributed by atoms with Gasteiger partial charge in [0.1, 0.15) is 0 Å². The first-order chi connectivity index (χ1) is 3.33. The molecule has 0 N–H and O–H groups in total. The summed E-state index contributed by atoms with van der Waals surface area (Å²) in [5.41, 5.74) is 0. The molecule has 0 spiro atoms. The second-order valence-electron chi connectivity index (χ2n) is 2.13. The van der Waals surface area contributed by atoms with E-state index in [1.54, 1.807) is 7.11 Å². The molecular weight excluding hydrogens is 126 g/mol. The van der Waals surface area contributed by atoms with Gasteiger partial charge in [0.25, 0.3) is 0 Å². The Morgan fingerprint density at radius 2 is 2.00 bits per heavy atom. The Hall–Kier alpha value is 0.210. The van der Waals surface area contributed by atoms with E-state index in [4.69, 9.17) is 4.84 Å². The summed E-state index contributed by atoms with van der Waals surface area (Å²) in [6.45, 7) is 4.43. The maximum absolute atomic E-state index is 4.89. The quantitative estimate of drug-likeness (QED) is 0.533. The molecule has 0 aromatic rings. The molecule has 0 amide bonds. The van der Waals surface area contributed by atoms with Crippen LogP contribution in [0.4, 0.5) is 0 Å². The van der Waals surface area contributed by atoms with Gasteiger partial charge in [-0.25, -0.2) is 0 Å². The Labute approximate surface area is 56.2 Å². The highest BCUT2D eigenvalue weighted by Crippen LogP contribution is 2.12. The van der Waals surface area contributed by atoms with Gasteiger partial charge in [0.05, 0.1) is 7.11 Å². The Kier molecular flexibility index (Phi) is 3.36. The van der Waals surface area contributed by atoms with Crippen molar-refractivity contribution >= 4 is 12.4 Å². The van der Waals surface area contributed by atoms with Gasteiger partial charge in [0.15, 0.2) is 0 Å². The summed E-state index contributed by atoms with van der Waals surface area (Å²) >= 11 is 0. The number of hydrogen-bond acceptors (Lipinski definition) is 2. The third-order valence-corrected chi connectivity index (χ3v) is 1.29. The van der Waals surface area contributed by atoms with Gasteiger partial charge < -0.3 is 4.84 Å². The maximum Gasteiger partial charge on any atom is 0.0575 e. The lowest BCUT2D eigenvalue weighted by Crippen LogP contribution is -2.43. The van der Waals surface area contributed by atoms with E-state index in [1.807, 2.05) is 5.06 Å². The van der Waals surface area contributed by atoms with Crippen LogP contribution in [0.25, 0.3) is 0 Å². The number of hydroxylamine groups is 2. The van der Waals surface area contributed by atoms with Crippen molar-refractivity contribution in [3.05, 3.63) is 0 Å². The normalized spacial score (nSPS) is 21.8. The summed E-state index contributed by atoms with van der Waals surface area (Å²) in [6, 6.07) is 0. The number of nitrogens with zero attached hydrogens (tertiary/aromatic N) is 1. The minimum atomic E-state index is 0. The van der Waals surface area contributed by atoms with Crippen LogP contribution in [0.1, 0.15) is 6.92 Å². The fourth-order valence-electron chi connectivity index (χ4n) is 0.791. The molecule has 0 aromatic carbocycles. The van der Waals surface area contributed by atoms with E-state index in [9.17, 15) is 0 Å². The summed E-state index contributed by atoms with van der Waals surface area (Å²) in [5.74, 6) is 0.847. The van der Waals surface area contributed by atoms with Crippen LogP contribution >= 0.6 is 12.4 Å². The third kappa shape index (κ3) is 1.62.